The Morgan fingerprint density at radius 3 is 2.07 bits per heavy atom. The summed E-state index contributed by atoms with van der Waals surface area (Å²) in [5.74, 6) is 0.244. The van der Waals surface area contributed by atoms with Crippen molar-refractivity contribution in [3.63, 3.8) is 0 Å². The van der Waals surface area contributed by atoms with Crippen LogP contribution in [0.2, 0.25) is 0 Å². The molecule has 4 aromatic carbocycles. The number of hydrogen-bond acceptors (Lipinski definition) is 4. The van der Waals surface area contributed by atoms with E-state index in [0.29, 0.717) is 0 Å². The minimum absolute atomic E-state index is 0.0481. The normalized spacial score (nSPS) is 11.8. The summed E-state index contributed by atoms with van der Waals surface area (Å²) >= 11 is 1.63. The van der Waals surface area contributed by atoms with Crippen LogP contribution in [-0.2, 0) is 5.41 Å². The molecule has 2 aromatic heterocycles. The average molecular weight is 555 g/mol. The molecule has 0 aliphatic heterocycles. The van der Waals surface area contributed by atoms with Crippen LogP contribution in [0.3, 0.4) is 0 Å². The minimum Gasteiger partial charge on any atom is -0.507 e. The van der Waals surface area contributed by atoms with Gasteiger partial charge in [0, 0.05) is 17.3 Å². The summed E-state index contributed by atoms with van der Waals surface area (Å²) in [5, 5.41) is 11.4. The fraction of sp³-hybridized carbons (Fsp3) is 0.189. The number of rotatable bonds is 4. The molecule has 4 heteroatoms. The Hall–Kier alpha value is -4.28. The number of hydrogen-bond donors (Lipinski definition) is 1. The third-order valence-electron chi connectivity index (χ3n) is 7.67. The lowest BCUT2D eigenvalue weighted by molar-refractivity contribution is 0.477. The van der Waals surface area contributed by atoms with E-state index in [0.717, 1.165) is 43.2 Å². The van der Waals surface area contributed by atoms with E-state index in [-0.39, 0.29) is 11.2 Å². The number of aromatic hydroxyl groups is 1. The van der Waals surface area contributed by atoms with E-state index in [4.69, 9.17) is 9.97 Å². The van der Waals surface area contributed by atoms with E-state index in [1.165, 1.54) is 33.4 Å². The highest BCUT2D eigenvalue weighted by Crippen LogP contribution is 2.43. The van der Waals surface area contributed by atoms with Gasteiger partial charge in [-0.25, -0.2) is 4.98 Å². The number of phenols is 1. The zero-order chi connectivity index (χ0) is 28.9. The number of thiazole rings is 1. The van der Waals surface area contributed by atoms with Gasteiger partial charge in [0.25, 0.3) is 0 Å². The second kappa shape index (κ2) is 10.3. The van der Waals surface area contributed by atoms with E-state index < -0.39 is 0 Å². The number of benzene rings is 4. The van der Waals surface area contributed by atoms with Gasteiger partial charge in [-0.3, -0.25) is 4.98 Å². The highest BCUT2D eigenvalue weighted by molar-refractivity contribution is 7.21. The van der Waals surface area contributed by atoms with Gasteiger partial charge in [0.05, 0.1) is 21.5 Å². The van der Waals surface area contributed by atoms with Crippen molar-refractivity contribution in [1.29, 1.82) is 0 Å². The number of fused-ring (bicyclic) bond motifs is 1. The molecule has 0 aliphatic rings. The van der Waals surface area contributed by atoms with Gasteiger partial charge in [0.15, 0.2) is 0 Å². The van der Waals surface area contributed by atoms with Crippen LogP contribution >= 0.6 is 11.3 Å². The molecule has 1 N–H and O–H groups in total. The summed E-state index contributed by atoms with van der Waals surface area (Å²) in [6.07, 6.45) is 1.85. The standard InChI is InChI=1S/C37H34N2OS/c1-22-15-23(2)34(24(3)16-22)27-18-25(17-26(19-27)31-12-9-10-14-38-31)30-20-28(37(4,5)6)21-33-35(30)39-36(41-33)29-11-7-8-13-32(29)40/h7-21,40H,1-6H3. The van der Waals surface area contributed by atoms with E-state index in [9.17, 15) is 5.11 Å². The van der Waals surface area contributed by atoms with Crippen molar-refractivity contribution in [3.8, 4) is 49.8 Å². The molecule has 0 atom stereocenters. The minimum atomic E-state index is -0.0481. The molecule has 41 heavy (non-hydrogen) atoms. The molecule has 6 aromatic rings. The molecule has 204 valence electrons. The van der Waals surface area contributed by atoms with Crippen LogP contribution < -0.4 is 0 Å². The molecule has 2 heterocycles. The first-order valence-corrected chi connectivity index (χ1v) is 14.8. The summed E-state index contributed by atoms with van der Waals surface area (Å²) in [6, 6.07) is 29.4. The van der Waals surface area contributed by atoms with Crippen molar-refractivity contribution in [2.24, 2.45) is 0 Å². The maximum Gasteiger partial charge on any atom is 0.128 e. The maximum absolute atomic E-state index is 10.6. The van der Waals surface area contributed by atoms with Crippen LogP contribution in [-0.4, -0.2) is 15.1 Å². The molecular formula is C37H34N2OS. The van der Waals surface area contributed by atoms with Crippen LogP contribution in [0.1, 0.15) is 43.0 Å². The fourth-order valence-corrected chi connectivity index (χ4v) is 6.76. The molecule has 0 radical (unpaired) electrons. The summed E-state index contributed by atoms with van der Waals surface area (Å²) in [5.41, 5.74) is 13.3. The van der Waals surface area contributed by atoms with E-state index in [1.807, 2.05) is 36.5 Å². The quantitative estimate of drug-likeness (QED) is 0.236. The third kappa shape index (κ3) is 5.16. The fourth-order valence-electron chi connectivity index (χ4n) is 5.70. The Labute approximate surface area is 246 Å². The monoisotopic (exact) mass is 554 g/mol. The SMILES string of the molecule is Cc1cc(C)c(-c2cc(-c3ccccn3)cc(-c3cc(C(C)(C)C)cc4sc(-c5ccccc5O)nc34)c2)c(C)c1. The summed E-state index contributed by atoms with van der Waals surface area (Å²) < 4.78 is 1.11. The van der Waals surface area contributed by atoms with Gasteiger partial charge in [-0.2, -0.15) is 0 Å². The lowest BCUT2D eigenvalue weighted by Crippen LogP contribution is -2.11. The highest BCUT2D eigenvalue weighted by atomic mass is 32.1. The smallest absolute Gasteiger partial charge is 0.128 e. The van der Waals surface area contributed by atoms with Gasteiger partial charge >= 0.3 is 0 Å². The van der Waals surface area contributed by atoms with Crippen molar-refractivity contribution in [3.05, 3.63) is 113 Å². The molecule has 0 fully saturated rings. The van der Waals surface area contributed by atoms with Gasteiger partial charge in [0.1, 0.15) is 10.8 Å². The zero-order valence-electron chi connectivity index (χ0n) is 24.4. The van der Waals surface area contributed by atoms with Crippen molar-refractivity contribution in [2.75, 3.05) is 0 Å². The summed E-state index contributed by atoms with van der Waals surface area (Å²) in [6.45, 7) is 13.3. The molecule has 0 amide bonds. The first kappa shape index (κ1) is 26.9. The molecule has 0 bridgehead atoms. The Kier molecular flexibility index (Phi) is 6.75. The van der Waals surface area contributed by atoms with E-state index in [2.05, 4.69) is 90.1 Å². The van der Waals surface area contributed by atoms with Gasteiger partial charge in [0.2, 0.25) is 0 Å². The molecule has 6 rings (SSSR count). The molecular weight excluding hydrogens is 520 g/mol. The van der Waals surface area contributed by atoms with Gasteiger partial charge in [-0.05, 0) is 114 Å². The second-order valence-corrected chi connectivity index (χ2v) is 13.0. The Morgan fingerprint density at radius 1 is 0.707 bits per heavy atom. The molecule has 0 spiro atoms. The average Bonchev–Trinajstić information content (AvgIpc) is 3.36. The molecule has 0 saturated carbocycles. The third-order valence-corrected chi connectivity index (χ3v) is 8.70. The van der Waals surface area contributed by atoms with Gasteiger partial charge in [-0.15, -0.1) is 11.3 Å². The topological polar surface area (TPSA) is 46.0 Å². The number of phenolic OH excluding ortho intramolecular Hbond substituents is 1. The molecule has 0 unspecified atom stereocenters. The zero-order valence-corrected chi connectivity index (χ0v) is 25.2. The van der Waals surface area contributed by atoms with Crippen LogP contribution in [0, 0.1) is 20.8 Å². The number of nitrogens with zero attached hydrogens (tertiary/aromatic N) is 2. The second-order valence-electron chi connectivity index (χ2n) is 11.9. The Bertz CT molecular complexity index is 1890. The first-order chi connectivity index (χ1) is 19.6. The molecule has 3 nitrogen and oxygen atoms in total. The number of aromatic nitrogens is 2. The predicted octanol–water partition coefficient (Wildman–Crippen LogP) is 10.3. The van der Waals surface area contributed by atoms with Crippen LogP contribution in [0.4, 0.5) is 0 Å². The summed E-state index contributed by atoms with van der Waals surface area (Å²) in [4.78, 5) is 9.85. The summed E-state index contributed by atoms with van der Waals surface area (Å²) in [7, 11) is 0. The highest BCUT2D eigenvalue weighted by Gasteiger charge is 2.21. The van der Waals surface area contributed by atoms with Gasteiger partial charge in [-0.1, -0.05) is 56.7 Å². The first-order valence-electron chi connectivity index (χ1n) is 14.0. The van der Waals surface area contributed by atoms with E-state index in [1.54, 1.807) is 17.4 Å². The van der Waals surface area contributed by atoms with Crippen molar-refractivity contribution in [1.82, 2.24) is 9.97 Å². The maximum atomic E-state index is 10.6. The van der Waals surface area contributed by atoms with Crippen molar-refractivity contribution >= 4 is 21.6 Å². The predicted molar refractivity (Wildman–Crippen MR) is 174 cm³/mol. The van der Waals surface area contributed by atoms with Crippen LogP contribution in [0.25, 0.3) is 54.3 Å². The molecule has 0 saturated heterocycles. The Balaban J connectivity index is 1.67. The lowest BCUT2D eigenvalue weighted by Gasteiger charge is -2.21. The number of pyridine rings is 1. The largest absolute Gasteiger partial charge is 0.507 e. The lowest BCUT2D eigenvalue weighted by atomic mass is 9.84. The van der Waals surface area contributed by atoms with Crippen molar-refractivity contribution < 1.29 is 5.11 Å². The van der Waals surface area contributed by atoms with Crippen LogP contribution in [0.5, 0.6) is 5.75 Å². The number of para-hydroxylation sites is 1. The number of aryl methyl sites for hydroxylation is 3. The van der Waals surface area contributed by atoms with Crippen molar-refractivity contribution in [2.45, 2.75) is 47.0 Å². The van der Waals surface area contributed by atoms with E-state index >= 15 is 0 Å². The Morgan fingerprint density at radius 2 is 1.39 bits per heavy atom. The molecule has 0 aliphatic carbocycles. The van der Waals surface area contributed by atoms with Gasteiger partial charge < -0.3 is 5.11 Å². The van der Waals surface area contributed by atoms with Crippen LogP contribution in [0.15, 0.2) is 91.1 Å².